The fourth-order valence-electron chi connectivity index (χ4n) is 1.04. The van der Waals surface area contributed by atoms with Crippen molar-refractivity contribution in [3.8, 4) is 0 Å². The van der Waals surface area contributed by atoms with Crippen LogP contribution in [0.1, 0.15) is 6.42 Å². The molecular weight excluding hydrogens is 309 g/mol. The molecule has 0 saturated carbocycles. The molecule has 78 valence electrons. The highest BCUT2D eigenvalue weighted by Gasteiger charge is 1.99. The van der Waals surface area contributed by atoms with Gasteiger partial charge < -0.3 is 10.5 Å². The summed E-state index contributed by atoms with van der Waals surface area (Å²) in [5.74, 6) is 1.05. The molecule has 0 aliphatic carbocycles. The van der Waals surface area contributed by atoms with Crippen molar-refractivity contribution in [2.24, 2.45) is 0 Å². The molecule has 0 spiro atoms. The van der Waals surface area contributed by atoms with Gasteiger partial charge in [0, 0.05) is 33.6 Å². The first-order valence-electron chi connectivity index (χ1n) is 4.41. The molecule has 0 amide bonds. The molecule has 1 aromatic rings. The van der Waals surface area contributed by atoms with E-state index in [-0.39, 0.29) is 0 Å². The Labute approximate surface area is 103 Å². The molecule has 0 radical (unpaired) electrons. The van der Waals surface area contributed by atoms with Gasteiger partial charge in [0.25, 0.3) is 0 Å². The summed E-state index contributed by atoms with van der Waals surface area (Å²) in [6, 6.07) is 6.16. The summed E-state index contributed by atoms with van der Waals surface area (Å²) < 4.78 is 6.17. The van der Waals surface area contributed by atoms with E-state index in [1.54, 1.807) is 18.9 Å². The molecule has 14 heavy (non-hydrogen) atoms. The van der Waals surface area contributed by atoms with Crippen LogP contribution >= 0.6 is 34.4 Å². The number of anilines is 1. The summed E-state index contributed by atoms with van der Waals surface area (Å²) in [6.45, 7) is 0.817. The smallest absolute Gasteiger partial charge is 0.0470 e. The first kappa shape index (κ1) is 12.1. The van der Waals surface area contributed by atoms with E-state index in [4.69, 9.17) is 10.5 Å². The molecule has 0 heterocycles. The van der Waals surface area contributed by atoms with E-state index in [0.29, 0.717) is 0 Å². The van der Waals surface area contributed by atoms with Gasteiger partial charge in [-0.3, -0.25) is 0 Å². The van der Waals surface area contributed by atoms with Crippen LogP contribution in [0, 0.1) is 3.57 Å². The highest BCUT2D eigenvalue weighted by atomic mass is 127. The largest absolute Gasteiger partial charge is 0.398 e. The van der Waals surface area contributed by atoms with Gasteiger partial charge in [-0.05, 0) is 47.2 Å². The maximum absolute atomic E-state index is 5.88. The normalized spacial score (nSPS) is 10.4. The van der Waals surface area contributed by atoms with Gasteiger partial charge in [0.1, 0.15) is 0 Å². The van der Waals surface area contributed by atoms with Crippen LogP contribution in [-0.4, -0.2) is 19.5 Å². The van der Waals surface area contributed by atoms with Crippen LogP contribution in [0.2, 0.25) is 0 Å². The number of hydrogen-bond donors (Lipinski definition) is 1. The van der Waals surface area contributed by atoms with Gasteiger partial charge in [0.15, 0.2) is 0 Å². The summed E-state index contributed by atoms with van der Waals surface area (Å²) >= 11 is 4.05. The average Bonchev–Trinajstić information content (AvgIpc) is 2.15. The summed E-state index contributed by atoms with van der Waals surface area (Å²) in [6.07, 6.45) is 1.06. The van der Waals surface area contributed by atoms with E-state index in [9.17, 15) is 0 Å². The number of rotatable bonds is 5. The molecule has 0 bridgehead atoms. The summed E-state index contributed by atoms with van der Waals surface area (Å²) in [5.41, 5.74) is 6.75. The van der Waals surface area contributed by atoms with Crippen LogP contribution in [0.5, 0.6) is 0 Å². The van der Waals surface area contributed by atoms with Crippen molar-refractivity contribution in [3.63, 3.8) is 0 Å². The molecule has 1 rings (SSSR count). The van der Waals surface area contributed by atoms with Crippen molar-refractivity contribution in [1.29, 1.82) is 0 Å². The van der Waals surface area contributed by atoms with E-state index >= 15 is 0 Å². The number of halogens is 1. The standard InChI is InChI=1S/C10H14INOS/c1-13-5-2-6-14-10-4-3-8(11)7-9(10)12/h3-4,7H,2,5-6,12H2,1H3. The van der Waals surface area contributed by atoms with Crippen LogP contribution in [0.3, 0.4) is 0 Å². The summed E-state index contributed by atoms with van der Waals surface area (Å²) in [7, 11) is 1.73. The third-order valence-corrected chi connectivity index (χ3v) is 3.57. The van der Waals surface area contributed by atoms with E-state index in [1.165, 1.54) is 8.47 Å². The lowest BCUT2D eigenvalue weighted by molar-refractivity contribution is 0.200. The first-order valence-corrected chi connectivity index (χ1v) is 6.47. The van der Waals surface area contributed by atoms with Gasteiger partial charge in [-0.25, -0.2) is 0 Å². The van der Waals surface area contributed by atoms with Gasteiger partial charge in [-0.2, -0.15) is 0 Å². The van der Waals surface area contributed by atoms with Gasteiger partial charge in [-0.15, -0.1) is 11.8 Å². The molecule has 4 heteroatoms. The van der Waals surface area contributed by atoms with Gasteiger partial charge in [0.05, 0.1) is 0 Å². The monoisotopic (exact) mass is 323 g/mol. The van der Waals surface area contributed by atoms with Crippen LogP contribution < -0.4 is 5.73 Å². The lowest BCUT2D eigenvalue weighted by Crippen LogP contribution is -1.93. The van der Waals surface area contributed by atoms with E-state index in [0.717, 1.165) is 24.5 Å². The Morgan fingerprint density at radius 2 is 2.29 bits per heavy atom. The molecule has 0 unspecified atom stereocenters. The van der Waals surface area contributed by atoms with Gasteiger partial charge >= 0.3 is 0 Å². The Morgan fingerprint density at radius 1 is 1.50 bits per heavy atom. The van der Waals surface area contributed by atoms with Crippen molar-refractivity contribution >= 4 is 40.0 Å². The highest BCUT2D eigenvalue weighted by Crippen LogP contribution is 2.26. The molecule has 0 saturated heterocycles. The minimum atomic E-state index is 0.817. The van der Waals surface area contributed by atoms with Crippen LogP contribution in [0.25, 0.3) is 0 Å². The third kappa shape index (κ3) is 4.06. The first-order chi connectivity index (χ1) is 6.74. The van der Waals surface area contributed by atoms with Crippen LogP contribution in [0.15, 0.2) is 23.1 Å². The molecule has 1 aromatic carbocycles. The van der Waals surface area contributed by atoms with E-state index in [2.05, 4.69) is 34.7 Å². The second kappa shape index (κ2) is 6.53. The number of nitrogens with two attached hydrogens (primary N) is 1. The number of thioether (sulfide) groups is 1. The second-order valence-corrected chi connectivity index (χ2v) is 5.26. The minimum Gasteiger partial charge on any atom is -0.398 e. The maximum atomic E-state index is 5.88. The van der Waals surface area contributed by atoms with E-state index in [1.807, 2.05) is 6.07 Å². The summed E-state index contributed by atoms with van der Waals surface area (Å²) in [4.78, 5) is 1.17. The zero-order valence-corrected chi connectivity index (χ0v) is 11.1. The Hall–Kier alpha value is 0.0600. The quantitative estimate of drug-likeness (QED) is 0.392. The molecule has 0 atom stereocenters. The number of hydrogen-bond acceptors (Lipinski definition) is 3. The topological polar surface area (TPSA) is 35.2 Å². The van der Waals surface area contributed by atoms with E-state index < -0.39 is 0 Å². The lowest BCUT2D eigenvalue weighted by Gasteiger charge is -2.05. The van der Waals surface area contributed by atoms with Gasteiger partial charge in [0.2, 0.25) is 0 Å². The van der Waals surface area contributed by atoms with Crippen molar-refractivity contribution in [1.82, 2.24) is 0 Å². The number of methoxy groups -OCH3 is 1. The minimum absolute atomic E-state index is 0.817. The van der Waals surface area contributed by atoms with Crippen LogP contribution in [-0.2, 0) is 4.74 Å². The van der Waals surface area contributed by atoms with Crippen molar-refractivity contribution in [3.05, 3.63) is 21.8 Å². The Balaban J connectivity index is 2.42. The van der Waals surface area contributed by atoms with Crippen molar-refractivity contribution in [2.45, 2.75) is 11.3 Å². The highest BCUT2D eigenvalue weighted by molar-refractivity contribution is 14.1. The molecule has 2 N–H and O–H groups in total. The molecule has 0 aliphatic rings. The predicted molar refractivity (Wildman–Crippen MR) is 70.8 cm³/mol. The molecule has 0 aliphatic heterocycles. The average molecular weight is 323 g/mol. The maximum Gasteiger partial charge on any atom is 0.0470 e. The Bertz CT molecular complexity index is 293. The molecule has 0 aromatic heterocycles. The zero-order valence-electron chi connectivity index (χ0n) is 8.13. The van der Waals surface area contributed by atoms with Crippen molar-refractivity contribution in [2.75, 3.05) is 25.2 Å². The zero-order chi connectivity index (χ0) is 10.4. The predicted octanol–water partition coefficient (Wildman–Crippen LogP) is 3.00. The Morgan fingerprint density at radius 3 is 2.93 bits per heavy atom. The third-order valence-electron chi connectivity index (χ3n) is 1.72. The van der Waals surface area contributed by atoms with Gasteiger partial charge in [-0.1, -0.05) is 0 Å². The number of nitrogen functional groups attached to an aromatic ring is 1. The lowest BCUT2D eigenvalue weighted by atomic mass is 10.3. The fourth-order valence-corrected chi connectivity index (χ4v) is 2.42. The SMILES string of the molecule is COCCCSc1ccc(I)cc1N. The Kier molecular flexibility index (Phi) is 5.66. The fraction of sp³-hybridized carbons (Fsp3) is 0.400. The number of benzene rings is 1. The second-order valence-electron chi connectivity index (χ2n) is 2.88. The molecule has 2 nitrogen and oxygen atoms in total. The number of ether oxygens (including phenoxy) is 1. The molecule has 0 fully saturated rings. The molecular formula is C10H14INOS. The van der Waals surface area contributed by atoms with Crippen molar-refractivity contribution < 1.29 is 4.74 Å². The summed E-state index contributed by atoms with van der Waals surface area (Å²) in [5, 5.41) is 0. The van der Waals surface area contributed by atoms with Crippen LogP contribution in [0.4, 0.5) is 5.69 Å².